The second-order valence-corrected chi connectivity index (χ2v) is 13.4. The molecular weight excluding hydrogens is 673 g/mol. The molecule has 0 aliphatic rings. The molecule has 0 saturated heterocycles. The molecule has 11 nitrogen and oxygen atoms in total. The molecule has 4 rings (SSSR count). The molecule has 0 N–H and O–H groups in total. The van der Waals surface area contributed by atoms with E-state index >= 15 is 0 Å². The highest BCUT2D eigenvalue weighted by atomic mass is 32.1. The van der Waals surface area contributed by atoms with Crippen LogP contribution in [-0.4, -0.2) is 49.8 Å². The molecule has 0 fully saturated rings. The quantitative estimate of drug-likeness (QED) is 0.0323. The Morgan fingerprint density at radius 2 is 1.46 bits per heavy atom. The summed E-state index contributed by atoms with van der Waals surface area (Å²) in [6, 6.07) is 17.3. The summed E-state index contributed by atoms with van der Waals surface area (Å²) in [5, 5.41) is 18.8. The van der Waals surface area contributed by atoms with E-state index in [9.17, 15) is 9.59 Å². The van der Waals surface area contributed by atoms with E-state index in [1.54, 1.807) is 0 Å². The summed E-state index contributed by atoms with van der Waals surface area (Å²) in [6.07, 6.45) is 10.3. The lowest BCUT2D eigenvalue weighted by atomic mass is 10.1. The van der Waals surface area contributed by atoms with Crippen molar-refractivity contribution in [1.82, 2.24) is 4.98 Å². The molecule has 4 aromatic rings. The van der Waals surface area contributed by atoms with Gasteiger partial charge in [0, 0.05) is 24.7 Å². The van der Waals surface area contributed by atoms with Crippen molar-refractivity contribution < 1.29 is 23.8 Å². The number of likely N-dealkylation sites (N-methyl/N-ethyl adjacent to an activating group) is 1. The van der Waals surface area contributed by atoms with Gasteiger partial charge >= 0.3 is 11.9 Å². The molecule has 0 atom stereocenters. The zero-order valence-electron chi connectivity index (χ0n) is 28.9. The van der Waals surface area contributed by atoms with Crippen molar-refractivity contribution in [1.29, 1.82) is 0 Å². The molecule has 0 bridgehead atoms. The number of azo groups is 2. The maximum atomic E-state index is 11.3. The number of hydrogen-bond acceptors (Lipinski definition) is 13. The van der Waals surface area contributed by atoms with E-state index in [1.807, 2.05) is 68.4 Å². The highest BCUT2D eigenvalue weighted by Crippen LogP contribution is 2.39. The van der Waals surface area contributed by atoms with Gasteiger partial charge in [-0.05, 0) is 80.8 Å². The number of rotatable bonds is 23. The van der Waals surface area contributed by atoms with E-state index < -0.39 is 5.97 Å². The van der Waals surface area contributed by atoms with E-state index in [-0.39, 0.29) is 5.97 Å². The van der Waals surface area contributed by atoms with Gasteiger partial charge in [0.15, 0.2) is 0 Å². The van der Waals surface area contributed by atoms with Crippen LogP contribution in [0.4, 0.5) is 27.2 Å². The largest absolute Gasteiger partial charge is 0.494 e. The molecule has 0 aliphatic carbocycles. The van der Waals surface area contributed by atoms with Crippen LogP contribution in [0.5, 0.6) is 5.75 Å². The highest BCUT2D eigenvalue weighted by Gasteiger charge is 2.09. The number of hydrogen-bond donors (Lipinski definition) is 0. The van der Waals surface area contributed by atoms with Crippen LogP contribution < -0.4 is 9.64 Å². The summed E-state index contributed by atoms with van der Waals surface area (Å²) in [6.45, 7) is 10.3. The van der Waals surface area contributed by atoms with Crippen LogP contribution in [0.15, 0.2) is 87.7 Å². The molecule has 2 aromatic heterocycles. The van der Waals surface area contributed by atoms with Crippen molar-refractivity contribution >= 4 is 71.3 Å². The molecule has 13 heteroatoms. The van der Waals surface area contributed by atoms with Gasteiger partial charge in [-0.25, -0.2) is 9.78 Å². The third kappa shape index (κ3) is 13.4. The second-order valence-electron chi connectivity index (χ2n) is 11.4. The smallest absolute Gasteiger partial charge is 0.330 e. The predicted octanol–water partition coefficient (Wildman–Crippen LogP) is 11.2. The van der Waals surface area contributed by atoms with Crippen molar-refractivity contribution in [2.24, 2.45) is 20.5 Å². The minimum Gasteiger partial charge on any atom is -0.494 e. The van der Waals surface area contributed by atoms with Gasteiger partial charge in [-0.15, -0.1) is 20.5 Å². The lowest BCUT2D eigenvalue weighted by molar-refractivity contribution is -0.143. The Labute approximate surface area is 302 Å². The lowest BCUT2D eigenvalue weighted by Gasteiger charge is -2.22. The monoisotopic (exact) mass is 718 g/mol. The van der Waals surface area contributed by atoms with Gasteiger partial charge in [0.05, 0.1) is 35.8 Å². The van der Waals surface area contributed by atoms with Crippen molar-refractivity contribution in [2.75, 3.05) is 37.8 Å². The van der Waals surface area contributed by atoms with Gasteiger partial charge < -0.3 is 19.1 Å². The van der Waals surface area contributed by atoms with Crippen LogP contribution in [0, 0.1) is 0 Å². The number of benzene rings is 2. The van der Waals surface area contributed by atoms with E-state index in [1.165, 1.54) is 41.9 Å². The molecule has 2 aromatic carbocycles. The Hall–Kier alpha value is -4.49. The molecule has 2 heterocycles. The number of unbranched alkanes of at least 4 members (excludes halogenated alkanes) is 6. The minimum atomic E-state index is -0.422. The number of thiophene rings is 1. The van der Waals surface area contributed by atoms with Gasteiger partial charge in [0.1, 0.15) is 22.2 Å². The Morgan fingerprint density at radius 1 is 0.800 bits per heavy atom. The Balaban J connectivity index is 1.13. The molecule has 0 aliphatic heterocycles. The third-order valence-electron chi connectivity index (χ3n) is 7.56. The normalized spacial score (nSPS) is 11.4. The van der Waals surface area contributed by atoms with Gasteiger partial charge in [-0.1, -0.05) is 68.3 Å². The van der Waals surface area contributed by atoms with Gasteiger partial charge in [0.2, 0.25) is 5.13 Å². The number of carbonyl (C=O) groups is 2. The maximum absolute atomic E-state index is 11.3. The first kappa shape index (κ1) is 38.3. The fourth-order valence-corrected chi connectivity index (χ4v) is 6.73. The summed E-state index contributed by atoms with van der Waals surface area (Å²) in [5.41, 5.74) is 2.48. The molecule has 0 unspecified atom stereocenters. The van der Waals surface area contributed by atoms with Gasteiger partial charge in [0.25, 0.3) is 0 Å². The summed E-state index contributed by atoms with van der Waals surface area (Å²) in [4.78, 5) is 30.2. The molecule has 0 radical (unpaired) electrons. The molecule has 266 valence electrons. The van der Waals surface area contributed by atoms with Crippen LogP contribution in [0.2, 0.25) is 0 Å². The van der Waals surface area contributed by atoms with Crippen LogP contribution in [0.1, 0.15) is 71.6 Å². The summed E-state index contributed by atoms with van der Waals surface area (Å²) >= 11 is 2.91. The SMILES string of the molecule is C=CC(=O)OCCN(CC)c1ccc(N=Nc2nc3sc(N=Nc4ccc(OCCCCCCCCCOC(=O)CCC)cc4)cc3s2)cc1. The maximum Gasteiger partial charge on any atom is 0.330 e. The van der Waals surface area contributed by atoms with Crippen LogP contribution in [-0.2, 0) is 19.1 Å². The van der Waals surface area contributed by atoms with Crippen molar-refractivity contribution in [3.05, 3.63) is 67.3 Å². The molecule has 0 spiro atoms. The van der Waals surface area contributed by atoms with Crippen molar-refractivity contribution in [3.63, 3.8) is 0 Å². The number of carbonyl (C=O) groups excluding carboxylic acids is 2. The van der Waals surface area contributed by atoms with E-state index in [0.717, 1.165) is 82.1 Å². The fourth-order valence-electron chi connectivity index (χ4n) is 4.88. The van der Waals surface area contributed by atoms with Gasteiger partial charge in [-0.2, -0.15) is 0 Å². The zero-order valence-corrected chi connectivity index (χ0v) is 30.6. The first-order chi connectivity index (χ1) is 24.5. The van der Waals surface area contributed by atoms with Crippen molar-refractivity contribution in [2.45, 2.75) is 71.6 Å². The molecular formula is C37H46N6O5S2. The zero-order chi connectivity index (χ0) is 35.4. The third-order valence-corrected chi connectivity index (χ3v) is 9.49. The van der Waals surface area contributed by atoms with Gasteiger partial charge in [-0.3, -0.25) is 4.79 Å². The molecule has 50 heavy (non-hydrogen) atoms. The van der Waals surface area contributed by atoms with Crippen LogP contribution in [0.3, 0.4) is 0 Å². The number of esters is 2. The van der Waals surface area contributed by atoms with E-state index in [2.05, 4.69) is 36.9 Å². The fraction of sp³-hybridized carbons (Fsp3) is 0.432. The first-order valence-corrected chi connectivity index (χ1v) is 18.9. The van der Waals surface area contributed by atoms with E-state index in [4.69, 9.17) is 14.2 Å². The summed E-state index contributed by atoms with van der Waals surface area (Å²) in [5.74, 6) is 0.324. The standard InChI is InChI=1S/C37H46N6O5S2/c1-4-14-35(45)47-25-13-11-9-7-8-10-12-24-46-31-21-17-29(18-22-31)39-41-33-27-32-36(50-33)38-37(49-32)42-40-28-15-19-30(20-16-28)43(6-3)23-26-48-34(44)5-2/h5,15-22,27H,2,4,6-14,23-26H2,1,3H3. The summed E-state index contributed by atoms with van der Waals surface area (Å²) in [7, 11) is 0. The average Bonchev–Trinajstić information content (AvgIpc) is 3.70. The second kappa shape index (κ2) is 21.6. The van der Waals surface area contributed by atoms with Crippen LogP contribution in [0.25, 0.3) is 9.53 Å². The minimum absolute atomic E-state index is 0.0802. The van der Waals surface area contributed by atoms with E-state index in [0.29, 0.717) is 37.9 Å². The number of thiazole rings is 1. The average molecular weight is 719 g/mol. The predicted molar refractivity (Wildman–Crippen MR) is 201 cm³/mol. The van der Waals surface area contributed by atoms with Crippen LogP contribution >= 0.6 is 22.7 Å². The number of fused-ring (bicyclic) bond motifs is 1. The Kier molecular flexibility index (Phi) is 16.5. The topological polar surface area (TPSA) is 127 Å². The Bertz CT molecular complexity index is 1650. The molecule has 0 saturated carbocycles. The lowest BCUT2D eigenvalue weighted by Crippen LogP contribution is -2.27. The first-order valence-electron chi connectivity index (χ1n) is 17.2. The molecule has 0 amide bonds. The number of aromatic nitrogens is 1. The summed E-state index contributed by atoms with van der Waals surface area (Å²) < 4.78 is 17.2. The highest BCUT2D eigenvalue weighted by molar-refractivity contribution is 7.30. The number of ether oxygens (including phenoxy) is 3. The Morgan fingerprint density at radius 3 is 2.12 bits per heavy atom. The number of anilines is 1. The number of nitrogens with zero attached hydrogens (tertiary/aromatic N) is 6. The van der Waals surface area contributed by atoms with Crippen molar-refractivity contribution in [3.8, 4) is 5.75 Å².